The molecule has 22 heavy (non-hydrogen) atoms. The average molecular weight is 290 g/mol. The Labute approximate surface area is 126 Å². The molecule has 3 aliphatic rings. The highest BCUT2D eigenvalue weighted by Crippen LogP contribution is 2.36. The number of fused-ring (bicyclic) bond motifs is 2. The van der Waals surface area contributed by atoms with Crippen molar-refractivity contribution in [3.8, 4) is 17.6 Å². The third kappa shape index (κ3) is 1.96. The Kier molecular flexibility index (Phi) is 2.76. The number of hydrogen-bond donors (Lipinski definition) is 0. The SMILES string of the molecule is N#C/C=C1/C=C(c2ccc3c(c2)OCO3)N=C2C=NC=CN21. The van der Waals surface area contributed by atoms with E-state index in [9.17, 15) is 0 Å². The molecule has 4 rings (SSSR count). The first-order chi connectivity index (χ1) is 10.8. The van der Waals surface area contributed by atoms with Crippen LogP contribution < -0.4 is 9.47 Å². The lowest BCUT2D eigenvalue weighted by Gasteiger charge is -2.26. The van der Waals surface area contributed by atoms with E-state index in [1.54, 1.807) is 18.6 Å². The Balaban J connectivity index is 1.80. The fraction of sp³-hybridized carbons (Fsp3) is 0.0625. The second-order valence-corrected chi connectivity index (χ2v) is 4.71. The first-order valence-corrected chi connectivity index (χ1v) is 6.64. The summed E-state index contributed by atoms with van der Waals surface area (Å²) in [6.45, 7) is 0.233. The van der Waals surface area contributed by atoms with Crippen molar-refractivity contribution >= 4 is 17.7 Å². The normalized spacial score (nSPS) is 19.6. The van der Waals surface area contributed by atoms with Gasteiger partial charge >= 0.3 is 0 Å². The lowest BCUT2D eigenvalue weighted by atomic mass is 10.1. The molecule has 6 heteroatoms. The van der Waals surface area contributed by atoms with Crippen LogP contribution in [0.3, 0.4) is 0 Å². The number of rotatable bonds is 1. The number of nitriles is 1. The summed E-state index contributed by atoms with van der Waals surface area (Å²) < 4.78 is 10.7. The van der Waals surface area contributed by atoms with Crippen molar-refractivity contribution in [2.24, 2.45) is 9.98 Å². The molecule has 0 saturated carbocycles. The third-order valence-electron chi connectivity index (χ3n) is 3.42. The summed E-state index contributed by atoms with van der Waals surface area (Å²) in [6, 6.07) is 7.71. The Hall–Kier alpha value is -3.33. The van der Waals surface area contributed by atoms with Crippen LogP contribution in [0, 0.1) is 11.3 Å². The zero-order chi connectivity index (χ0) is 14.9. The van der Waals surface area contributed by atoms with Crippen LogP contribution in [-0.4, -0.2) is 23.7 Å². The summed E-state index contributed by atoms with van der Waals surface area (Å²) in [5.74, 6) is 2.09. The predicted molar refractivity (Wildman–Crippen MR) is 81.1 cm³/mol. The van der Waals surface area contributed by atoms with E-state index in [1.165, 1.54) is 6.08 Å². The number of hydrogen-bond acceptors (Lipinski definition) is 6. The van der Waals surface area contributed by atoms with Gasteiger partial charge in [-0.15, -0.1) is 0 Å². The maximum Gasteiger partial charge on any atom is 0.231 e. The van der Waals surface area contributed by atoms with E-state index in [0.29, 0.717) is 11.6 Å². The number of allylic oxidation sites excluding steroid dienone is 2. The van der Waals surface area contributed by atoms with Crippen molar-refractivity contribution in [2.45, 2.75) is 0 Å². The molecule has 0 bridgehead atoms. The van der Waals surface area contributed by atoms with Gasteiger partial charge in [0.1, 0.15) is 0 Å². The van der Waals surface area contributed by atoms with Crippen molar-refractivity contribution in [3.05, 3.63) is 54.0 Å². The molecule has 1 aromatic rings. The number of amidine groups is 1. The maximum atomic E-state index is 8.98. The number of nitrogens with zero attached hydrogens (tertiary/aromatic N) is 4. The minimum absolute atomic E-state index is 0.233. The van der Waals surface area contributed by atoms with Crippen LogP contribution >= 0.6 is 0 Å². The van der Waals surface area contributed by atoms with Gasteiger partial charge in [-0.1, -0.05) is 0 Å². The van der Waals surface area contributed by atoms with Crippen molar-refractivity contribution in [1.82, 2.24) is 4.90 Å². The van der Waals surface area contributed by atoms with E-state index < -0.39 is 0 Å². The monoisotopic (exact) mass is 290 g/mol. The van der Waals surface area contributed by atoms with Gasteiger partial charge in [-0.2, -0.15) is 5.26 Å². The van der Waals surface area contributed by atoms with Gasteiger partial charge in [0.05, 0.1) is 23.7 Å². The van der Waals surface area contributed by atoms with Crippen LogP contribution in [0.5, 0.6) is 11.5 Å². The summed E-state index contributed by atoms with van der Waals surface area (Å²) in [7, 11) is 0. The van der Waals surface area contributed by atoms with Crippen LogP contribution in [-0.2, 0) is 0 Å². The smallest absolute Gasteiger partial charge is 0.231 e. The molecule has 0 aromatic heterocycles. The Morgan fingerprint density at radius 2 is 2.18 bits per heavy atom. The quantitative estimate of drug-likeness (QED) is 0.745. The molecule has 106 valence electrons. The average Bonchev–Trinajstić information content (AvgIpc) is 3.02. The Bertz CT molecular complexity index is 840. The third-order valence-corrected chi connectivity index (χ3v) is 3.42. The van der Waals surface area contributed by atoms with Gasteiger partial charge in [-0.3, -0.25) is 9.89 Å². The highest BCUT2D eigenvalue weighted by molar-refractivity contribution is 6.32. The van der Waals surface area contributed by atoms with Gasteiger partial charge in [0.25, 0.3) is 0 Å². The van der Waals surface area contributed by atoms with E-state index in [1.807, 2.05) is 29.2 Å². The molecule has 0 radical (unpaired) electrons. The topological polar surface area (TPSA) is 70.2 Å². The first kappa shape index (κ1) is 12.4. The maximum absolute atomic E-state index is 8.98. The Morgan fingerprint density at radius 1 is 1.27 bits per heavy atom. The second-order valence-electron chi connectivity index (χ2n) is 4.71. The summed E-state index contributed by atoms with van der Waals surface area (Å²) >= 11 is 0. The molecule has 0 saturated heterocycles. The lowest BCUT2D eigenvalue weighted by molar-refractivity contribution is 0.174. The van der Waals surface area contributed by atoms with Gasteiger partial charge in [-0.05, 0) is 24.3 Å². The van der Waals surface area contributed by atoms with Crippen LogP contribution in [0.2, 0.25) is 0 Å². The highest BCUT2D eigenvalue weighted by atomic mass is 16.7. The molecule has 3 aliphatic heterocycles. The molecule has 3 heterocycles. The minimum atomic E-state index is 0.233. The number of aliphatic imine (C=N–C) groups is 2. The highest BCUT2D eigenvalue weighted by Gasteiger charge is 2.21. The summed E-state index contributed by atoms with van der Waals surface area (Å²) in [5.41, 5.74) is 2.37. The van der Waals surface area contributed by atoms with Crippen LogP contribution in [0.4, 0.5) is 0 Å². The van der Waals surface area contributed by atoms with Crippen LogP contribution in [0.1, 0.15) is 5.56 Å². The summed E-state index contributed by atoms with van der Waals surface area (Å²) in [5, 5.41) is 8.98. The Morgan fingerprint density at radius 3 is 3.09 bits per heavy atom. The van der Waals surface area contributed by atoms with Gasteiger partial charge in [0.15, 0.2) is 17.3 Å². The summed E-state index contributed by atoms with van der Waals surface area (Å²) in [4.78, 5) is 10.5. The molecule has 0 unspecified atom stereocenters. The van der Waals surface area contributed by atoms with Crippen molar-refractivity contribution in [3.63, 3.8) is 0 Å². The molecule has 0 atom stereocenters. The largest absolute Gasteiger partial charge is 0.454 e. The van der Waals surface area contributed by atoms with Crippen molar-refractivity contribution in [2.75, 3.05) is 6.79 Å². The molecular weight excluding hydrogens is 280 g/mol. The standard InChI is InChI=1S/C16H10N4O2/c17-4-3-12-8-13(19-16-9-18-5-6-20(12)16)11-1-2-14-15(7-11)22-10-21-14/h1-3,5-9H,10H2/b12-3-. The van der Waals surface area contributed by atoms with Crippen molar-refractivity contribution in [1.29, 1.82) is 5.26 Å². The molecular formula is C16H10N4O2. The fourth-order valence-corrected chi connectivity index (χ4v) is 2.40. The molecule has 0 aliphatic carbocycles. The molecule has 0 spiro atoms. The van der Waals surface area contributed by atoms with Crippen LogP contribution in [0.25, 0.3) is 5.70 Å². The van der Waals surface area contributed by atoms with E-state index in [4.69, 9.17) is 14.7 Å². The molecule has 0 N–H and O–H groups in total. The van der Waals surface area contributed by atoms with E-state index >= 15 is 0 Å². The van der Waals surface area contributed by atoms with Crippen LogP contribution in [0.15, 0.2) is 58.4 Å². The first-order valence-electron chi connectivity index (χ1n) is 6.64. The number of benzene rings is 1. The van der Waals surface area contributed by atoms with Gasteiger partial charge in [0.2, 0.25) is 6.79 Å². The predicted octanol–water partition coefficient (Wildman–Crippen LogP) is 2.43. The lowest BCUT2D eigenvalue weighted by Crippen LogP contribution is -2.29. The minimum Gasteiger partial charge on any atom is -0.454 e. The molecule has 0 fully saturated rings. The van der Waals surface area contributed by atoms with Gasteiger partial charge in [-0.25, -0.2) is 4.99 Å². The zero-order valence-electron chi connectivity index (χ0n) is 11.4. The van der Waals surface area contributed by atoms with E-state index in [0.717, 1.165) is 22.7 Å². The molecule has 0 amide bonds. The summed E-state index contributed by atoms with van der Waals surface area (Å²) in [6.07, 6.45) is 8.42. The van der Waals surface area contributed by atoms with E-state index in [-0.39, 0.29) is 6.79 Å². The van der Waals surface area contributed by atoms with Crippen molar-refractivity contribution < 1.29 is 9.47 Å². The fourth-order valence-electron chi connectivity index (χ4n) is 2.40. The zero-order valence-corrected chi connectivity index (χ0v) is 11.4. The van der Waals surface area contributed by atoms with E-state index in [2.05, 4.69) is 16.1 Å². The molecule has 6 nitrogen and oxygen atoms in total. The van der Waals surface area contributed by atoms with Gasteiger partial charge < -0.3 is 9.47 Å². The number of ether oxygens (including phenoxy) is 2. The van der Waals surface area contributed by atoms with Gasteiger partial charge in [0, 0.05) is 24.0 Å². The molecule has 1 aromatic carbocycles. The second kappa shape index (κ2) is 4.90.